The van der Waals surface area contributed by atoms with Gasteiger partial charge in [-0.05, 0) is 60.9 Å². The summed E-state index contributed by atoms with van der Waals surface area (Å²) in [5.74, 6) is 1.49. The predicted molar refractivity (Wildman–Crippen MR) is 96.6 cm³/mol. The molecule has 0 radical (unpaired) electrons. The number of rotatable bonds is 3. The van der Waals surface area contributed by atoms with Crippen molar-refractivity contribution in [1.29, 1.82) is 0 Å². The lowest BCUT2D eigenvalue weighted by Gasteiger charge is -2.26. The van der Waals surface area contributed by atoms with Crippen LogP contribution in [0.4, 0.5) is 10.6 Å². The van der Waals surface area contributed by atoms with E-state index in [0.29, 0.717) is 11.7 Å². The first-order valence-electron chi connectivity index (χ1n) is 9.03. The van der Waals surface area contributed by atoms with Gasteiger partial charge in [0.1, 0.15) is 11.6 Å². The highest BCUT2D eigenvalue weighted by molar-refractivity contribution is 5.88. The van der Waals surface area contributed by atoms with E-state index >= 15 is 0 Å². The topological polar surface area (TPSA) is 65.5 Å². The molecule has 1 aromatic carbocycles. The van der Waals surface area contributed by atoms with Crippen LogP contribution in [0, 0.1) is 0 Å². The molecule has 5 heteroatoms. The van der Waals surface area contributed by atoms with E-state index in [9.17, 15) is 9.90 Å². The molecule has 1 aromatic heterocycles. The molecule has 2 fully saturated rings. The van der Waals surface area contributed by atoms with Crippen LogP contribution >= 0.6 is 0 Å². The fourth-order valence-corrected chi connectivity index (χ4v) is 3.70. The minimum absolute atomic E-state index is 0.0508. The van der Waals surface area contributed by atoms with Crippen LogP contribution in [0.25, 0.3) is 0 Å². The van der Waals surface area contributed by atoms with E-state index in [0.717, 1.165) is 24.9 Å². The highest BCUT2D eigenvalue weighted by Gasteiger charge is 2.30. The number of carbonyl (C=O) groups is 1. The van der Waals surface area contributed by atoms with Crippen molar-refractivity contribution in [1.82, 2.24) is 9.88 Å². The number of amides is 2. The molecule has 1 saturated heterocycles. The lowest BCUT2D eigenvalue weighted by atomic mass is 9.81. The van der Waals surface area contributed by atoms with Gasteiger partial charge in [0.2, 0.25) is 0 Å². The van der Waals surface area contributed by atoms with E-state index < -0.39 is 0 Å². The molecule has 2 aliphatic rings. The minimum Gasteiger partial charge on any atom is -0.508 e. The van der Waals surface area contributed by atoms with Crippen molar-refractivity contribution in [2.45, 2.75) is 44.1 Å². The first-order chi connectivity index (χ1) is 12.2. The number of pyridine rings is 1. The van der Waals surface area contributed by atoms with Crippen LogP contribution in [0.5, 0.6) is 5.75 Å². The first-order valence-corrected chi connectivity index (χ1v) is 9.03. The molecule has 0 bridgehead atoms. The van der Waals surface area contributed by atoms with Gasteiger partial charge in [-0.25, -0.2) is 9.78 Å². The van der Waals surface area contributed by atoms with Gasteiger partial charge in [0.05, 0.1) is 6.04 Å². The Morgan fingerprint density at radius 2 is 1.80 bits per heavy atom. The Hall–Kier alpha value is -2.56. The Morgan fingerprint density at radius 3 is 2.44 bits per heavy atom. The number of phenolic OH excluding ortho intramolecular Hbond substituents is 1. The normalized spacial score (nSPS) is 20.3. The summed E-state index contributed by atoms with van der Waals surface area (Å²) in [5, 5.41) is 12.4. The zero-order chi connectivity index (χ0) is 17.2. The fraction of sp³-hybridized carbons (Fsp3) is 0.400. The Balaban J connectivity index is 1.43. The van der Waals surface area contributed by atoms with Crippen LogP contribution < -0.4 is 5.32 Å². The number of benzene rings is 1. The Kier molecular flexibility index (Phi) is 4.30. The molecule has 2 amide bonds. The number of likely N-dealkylation sites (tertiary alicyclic amines) is 1. The summed E-state index contributed by atoms with van der Waals surface area (Å²) in [6.07, 6.45) is 7.60. The first kappa shape index (κ1) is 15.9. The lowest BCUT2D eigenvalue weighted by molar-refractivity contribution is 0.207. The molecule has 130 valence electrons. The van der Waals surface area contributed by atoms with Crippen molar-refractivity contribution in [2.24, 2.45) is 0 Å². The Bertz CT molecular complexity index is 739. The minimum atomic E-state index is -0.112. The second-order valence-electron chi connectivity index (χ2n) is 6.98. The maximum Gasteiger partial charge on any atom is 0.323 e. The number of nitrogens with one attached hydrogen (secondary N) is 1. The average molecular weight is 337 g/mol. The van der Waals surface area contributed by atoms with Crippen molar-refractivity contribution in [2.75, 3.05) is 11.9 Å². The van der Waals surface area contributed by atoms with E-state index in [1.807, 2.05) is 29.3 Å². The molecular weight excluding hydrogens is 314 g/mol. The summed E-state index contributed by atoms with van der Waals surface area (Å²) in [5.41, 5.74) is 2.33. The number of anilines is 1. The molecule has 1 saturated carbocycles. The van der Waals surface area contributed by atoms with Crippen molar-refractivity contribution in [3.05, 3.63) is 53.7 Å². The van der Waals surface area contributed by atoms with E-state index in [-0.39, 0.29) is 17.8 Å². The van der Waals surface area contributed by atoms with Crippen molar-refractivity contribution in [3.8, 4) is 5.75 Å². The molecule has 4 rings (SSSR count). The second kappa shape index (κ2) is 6.75. The molecule has 2 N–H and O–H groups in total. The standard InChI is InChI=1S/C20H23N3O2/c24-17-9-6-15(7-10-17)18-5-2-12-23(18)20(25)22-19-11-8-16(13-21-19)14-3-1-4-14/h6-11,13-14,18,24H,1-5,12H2,(H,21,22,25). The van der Waals surface area contributed by atoms with Gasteiger partial charge in [0.15, 0.2) is 0 Å². The summed E-state index contributed by atoms with van der Waals surface area (Å²) in [6.45, 7) is 0.734. The number of aromatic hydroxyl groups is 1. The number of aromatic nitrogens is 1. The third-order valence-corrected chi connectivity index (χ3v) is 5.39. The van der Waals surface area contributed by atoms with E-state index in [2.05, 4.69) is 16.4 Å². The number of phenols is 1. The molecule has 5 nitrogen and oxygen atoms in total. The second-order valence-corrected chi connectivity index (χ2v) is 6.98. The molecule has 2 heterocycles. The van der Waals surface area contributed by atoms with Crippen molar-refractivity contribution >= 4 is 11.8 Å². The third kappa shape index (κ3) is 3.31. The van der Waals surface area contributed by atoms with E-state index in [4.69, 9.17) is 0 Å². The zero-order valence-electron chi connectivity index (χ0n) is 14.2. The SMILES string of the molecule is O=C(Nc1ccc(C2CCC2)cn1)N1CCCC1c1ccc(O)cc1. The predicted octanol–water partition coefficient (Wildman–Crippen LogP) is 4.42. The summed E-state index contributed by atoms with van der Waals surface area (Å²) in [4.78, 5) is 18.9. The highest BCUT2D eigenvalue weighted by atomic mass is 16.3. The molecular formula is C20H23N3O2. The van der Waals surface area contributed by atoms with Crippen LogP contribution in [0.2, 0.25) is 0 Å². The molecule has 1 aliphatic heterocycles. The van der Waals surface area contributed by atoms with Crippen LogP contribution in [0.3, 0.4) is 0 Å². The maximum atomic E-state index is 12.7. The average Bonchev–Trinajstić information content (AvgIpc) is 3.05. The highest BCUT2D eigenvalue weighted by Crippen LogP contribution is 2.36. The molecule has 1 atom stereocenters. The van der Waals surface area contributed by atoms with Crippen molar-refractivity contribution in [3.63, 3.8) is 0 Å². The largest absolute Gasteiger partial charge is 0.508 e. The fourth-order valence-electron chi connectivity index (χ4n) is 3.70. The van der Waals surface area contributed by atoms with E-state index in [1.165, 1.54) is 24.8 Å². The summed E-state index contributed by atoms with van der Waals surface area (Å²) < 4.78 is 0. The van der Waals surface area contributed by atoms with Crippen LogP contribution in [0.1, 0.15) is 55.2 Å². The van der Waals surface area contributed by atoms with Gasteiger partial charge < -0.3 is 10.0 Å². The zero-order valence-corrected chi connectivity index (χ0v) is 14.2. The summed E-state index contributed by atoms with van der Waals surface area (Å²) in [7, 11) is 0. The number of hydrogen-bond acceptors (Lipinski definition) is 3. The smallest absolute Gasteiger partial charge is 0.323 e. The summed E-state index contributed by atoms with van der Waals surface area (Å²) >= 11 is 0. The lowest BCUT2D eigenvalue weighted by Crippen LogP contribution is -2.34. The molecule has 1 unspecified atom stereocenters. The third-order valence-electron chi connectivity index (χ3n) is 5.39. The van der Waals surface area contributed by atoms with Gasteiger partial charge in [-0.3, -0.25) is 5.32 Å². The van der Waals surface area contributed by atoms with Crippen LogP contribution in [0.15, 0.2) is 42.6 Å². The number of urea groups is 1. The monoisotopic (exact) mass is 337 g/mol. The van der Waals surface area contributed by atoms with Gasteiger partial charge in [-0.15, -0.1) is 0 Å². The molecule has 25 heavy (non-hydrogen) atoms. The quantitative estimate of drug-likeness (QED) is 0.871. The number of carbonyl (C=O) groups excluding carboxylic acids is 1. The van der Waals surface area contributed by atoms with Crippen molar-refractivity contribution < 1.29 is 9.90 Å². The molecule has 1 aliphatic carbocycles. The van der Waals surface area contributed by atoms with Gasteiger partial charge in [-0.1, -0.05) is 24.6 Å². The van der Waals surface area contributed by atoms with E-state index in [1.54, 1.807) is 12.1 Å². The number of hydrogen-bond donors (Lipinski definition) is 2. The van der Waals surface area contributed by atoms with Crippen LogP contribution in [-0.2, 0) is 0 Å². The maximum absolute atomic E-state index is 12.7. The Labute approximate surface area is 147 Å². The van der Waals surface area contributed by atoms with Crippen LogP contribution in [-0.4, -0.2) is 27.6 Å². The molecule has 2 aromatic rings. The number of nitrogens with zero attached hydrogens (tertiary/aromatic N) is 2. The van der Waals surface area contributed by atoms with Gasteiger partial charge in [-0.2, -0.15) is 0 Å². The molecule has 0 spiro atoms. The van der Waals surface area contributed by atoms with Gasteiger partial charge >= 0.3 is 6.03 Å². The Morgan fingerprint density at radius 1 is 1.04 bits per heavy atom. The van der Waals surface area contributed by atoms with Gasteiger partial charge in [0, 0.05) is 12.7 Å². The summed E-state index contributed by atoms with van der Waals surface area (Å²) in [6, 6.07) is 11.0. The van der Waals surface area contributed by atoms with Gasteiger partial charge in [0.25, 0.3) is 0 Å².